The highest BCUT2D eigenvalue weighted by Crippen LogP contribution is 2.33. The highest BCUT2D eigenvalue weighted by Gasteiger charge is 2.11. The van der Waals surface area contributed by atoms with Gasteiger partial charge in [0.2, 0.25) is 6.79 Å². The zero-order valence-electron chi connectivity index (χ0n) is 9.10. The van der Waals surface area contributed by atoms with Gasteiger partial charge in [-0.3, -0.25) is 0 Å². The Balaban J connectivity index is 0.000000136. The molecule has 0 aromatic heterocycles. The van der Waals surface area contributed by atoms with Gasteiger partial charge in [0.25, 0.3) is 0 Å². The summed E-state index contributed by atoms with van der Waals surface area (Å²) in [5, 5.41) is 0.671. The molecule has 0 fully saturated rings. The van der Waals surface area contributed by atoms with Gasteiger partial charge in [0, 0.05) is 16.8 Å². The topological polar surface area (TPSA) is 44.5 Å². The molecule has 0 unspecified atom stereocenters. The maximum absolute atomic E-state index is 5.69. The second-order valence-corrected chi connectivity index (χ2v) is 3.84. The number of para-hydroxylation sites is 1. The third-order valence-corrected chi connectivity index (χ3v) is 2.37. The molecule has 2 aromatic carbocycles. The van der Waals surface area contributed by atoms with Crippen molar-refractivity contribution in [3.8, 4) is 11.5 Å². The lowest BCUT2D eigenvalue weighted by molar-refractivity contribution is 0.174. The van der Waals surface area contributed by atoms with Crippen LogP contribution < -0.4 is 15.2 Å². The molecule has 0 bridgehead atoms. The number of hydrogen-bond acceptors (Lipinski definition) is 3. The van der Waals surface area contributed by atoms with Crippen LogP contribution in [-0.4, -0.2) is 6.79 Å². The van der Waals surface area contributed by atoms with Gasteiger partial charge in [-0.15, -0.1) is 0 Å². The van der Waals surface area contributed by atoms with Crippen molar-refractivity contribution < 1.29 is 9.47 Å². The Kier molecular flexibility index (Phi) is 3.73. The van der Waals surface area contributed by atoms with E-state index in [1.54, 1.807) is 18.2 Å². The monoisotopic (exact) mass is 249 g/mol. The molecule has 3 rings (SSSR count). The Hall–Kier alpha value is -1.87. The van der Waals surface area contributed by atoms with Gasteiger partial charge in [-0.05, 0) is 24.3 Å². The van der Waals surface area contributed by atoms with Crippen molar-refractivity contribution in [1.29, 1.82) is 0 Å². The van der Waals surface area contributed by atoms with Crippen LogP contribution in [0.5, 0.6) is 11.5 Å². The summed E-state index contributed by atoms with van der Waals surface area (Å²) in [6.45, 7) is 0.301. The summed E-state index contributed by atoms with van der Waals surface area (Å²) in [6.07, 6.45) is 0. The van der Waals surface area contributed by atoms with Crippen molar-refractivity contribution in [2.45, 2.75) is 0 Å². The molecule has 0 spiro atoms. The molecule has 0 radical (unpaired) electrons. The molecule has 4 heteroatoms. The van der Waals surface area contributed by atoms with Gasteiger partial charge in [-0.1, -0.05) is 29.8 Å². The van der Waals surface area contributed by atoms with Crippen LogP contribution in [0.1, 0.15) is 0 Å². The molecule has 0 atom stereocenters. The molecule has 88 valence electrons. The van der Waals surface area contributed by atoms with E-state index in [1.165, 1.54) is 0 Å². The number of hydrogen-bond donors (Lipinski definition) is 1. The first-order valence-electron chi connectivity index (χ1n) is 5.11. The van der Waals surface area contributed by atoms with Gasteiger partial charge in [-0.25, -0.2) is 0 Å². The van der Waals surface area contributed by atoms with Crippen molar-refractivity contribution in [2.24, 2.45) is 0 Å². The van der Waals surface area contributed by atoms with Crippen LogP contribution in [0.15, 0.2) is 48.5 Å². The Labute approximate surface area is 105 Å². The Morgan fingerprint density at radius 2 is 1.65 bits per heavy atom. The lowest BCUT2D eigenvalue weighted by Gasteiger charge is -1.93. The first-order chi connectivity index (χ1) is 8.25. The molecular weight excluding hydrogens is 238 g/mol. The number of ether oxygens (including phenoxy) is 2. The van der Waals surface area contributed by atoms with E-state index < -0.39 is 0 Å². The Bertz CT molecular complexity index is 488. The summed E-state index contributed by atoms with van der Waals surface area (Å²) in [7, 11) is 0. The summed E-state index contributed by atoms with van der Waals surface area (Å²) >= 11 is 5.69. The van der Waals surface area contributed by atoms with Gasteiger partial charge in [-0.2, -0.15) is 0 Å². The summed E-state index contributed by atoms with van der Waals surface area (Å²) in [5.74, 6) is 1.50. The average molecular weight is 250 g/mol. The largest absolute Gasteiger partial charge is 0.454 e. The number of halogens is 1. The van der Waals surface area contributed by atoms with E-state index in [0.29, 0.717) is 11.8 Å². The maximum Gasteiger partial charge on any atom is 0.231 e. The molecule has 0 aliphatic carbocycles. The van der Waals surface area contributed by atoms with Crippen LogP contribution in [0.3, 0.4) is 0 Å². The first-order valence-corrected chi connectivity index (χ1v) is 5.49. The van der Waals surface area contributed by atoms with Crippen molar-refractivity contribution in [1.82, 2.24) is 0 Å². The molecule has 17 heavy (non-hydrogen) atoms. The molecule has 2 aromatic rings. The van der Waals surface area contributed by atoms with E-state index in [0.717, 1.165) is 17.2 Å². The highest BCUT2D eigenvalue weighted by atomic mass is 35.5. The van der Waals surface area contributed by atoms with Gasteiger partial charge < -0.3 is 15.2 Å². The van der Waals surface area contributed by atoms with E-state index in [2.05, 4.69) is 0 Å². The third-order valence-electron chi connectivity index (χ3n) is 2.13. The normalized spacial score (nSPS) is 11.6. The van der Waals surface area contributed by atoms with Crippen LogP contribution >= 0.6 is 11.6 Å². The van der Waals surface area contributed by atoms with E-state index in [1.807, 2.05) is 30.3 Å². The predicted molar refractivity (Wildman–Crippen MR) is 68.4 cm³/mol. The second kappa shape index (κ2) is 5.46. The van der Waals surface area contributed by atoms with Gasteiger partial charge >= 0.3 is 0 Å². The summed E-state index contributed by atoms with van der Waals surface area (Å²) in [5.41, 5.74) is 6.18. The zero-order valence-corrected chi connectivity index (χ0v) is 9.85. The highest BCUT2D eigenvalue weighted by molar-refractivity contribution is 6.30. The second-order valence-electron chi connectivity index (χ2n) is 3.41. The number of benzene rings is 2. The summed E-state index contributed by atoms with van der Waals surface area (Å²) in [6, 6.07) is 14.8. The van der Waals surface area contributed by atoms with Crippen molar-refractivity contribution in [3.05, 3.63) is 53.6 Å². The Morgan fingerprint density at radius 3 is 2.29 bits per heavy atom. The van der Waals surface area contributed by atoms with E-state index in [9.17, 15) is 0 Å². The van der Waals surface area contributed by atoms with Crippen molar-refractivity contribution in [3.63, 3.8) is 0 Å². The van der Waals surface area contributed by atoms with E-state index in [-0.39, 0.29) is 0 Å². The third kappa shape index (κ3) is 3.29. The number of nitrogen functional groups attached to an aromatic ring is 1. The molecule has 0 amide bonds. The van der Waals surface area contributed by atoms with Crippen LogP contribution in [0.2, 0.25) is 5.02 Å². The van der Waals surface area contributed by atoms with Crippen molar-refractivity contribution in [2.75, 3.05) is 12.5 Å². The lowest BCUT2D eigenvalue weighted by atomic mass is 10.3. The van der Waals surface area contributed by atoms with Gasteiger partial charge in [0.05, 0.1) is 0 Å². The minimum absolute atomic E-state index is 0.301. The first kappa shape index (κ1) is 11.6. The van der Waals surface area contributed by atoms with Gasteiger partial charge in [0.1, 0.15) is 0 Å². The number of anilines is 1. The van der Waals surface area contributed by atoms with Crippen LogP contribution in [0, 0.1) is 0 Å². The summed E-state index contributed by atoms with van der Waals surface area (Å²) in [4.78, 5) is 0. The lowest BCUT2D eigenvalue weighted by Crippen LogP contribution is -1.92. The maximum atomic E-state index is 5.69. The van der Waals surface area contributed by atoms with E-state index >= 15 is 0 Å². The molecular formula is C13H12ClNO2. The van der Waals surface area contributed by atoms with Crippen LogP contribution in [-0.2, 0) is 0 Å². The SMILES string of the molecule is Clc1ccc2c(c1)OCO2.Nc1ccccc1. The fourth-order valence-electron chi connectivity index (χ4n) is 1.32. The molecule has 2 N–H and O–H groups in total. The Morgan fingerprint density at radius 1 is 0.941 bits per heavy atom. The van der Waals surface area contributed by atoms with E-state index in [4.69, 9.17) is 26.8 Å². The molecule has 1 aliphatic rings. The quantitative estimate of drug-likeness (QED) is 0.729. The fraction of sp³-hybridized carbons (Fsp3) is 0.0769. The smallest absolute Gasteiger partial charge is 0.231 e. The van der Waals surface area contributed by atoms with Crippen LogP contribution in [0.4, 0.5) is 5.69 Å². The standard InChI is InChI=1S/C7H5ClO2.C6H7N/c8-5-1-2-6-7(3-5)10-4-9-6;7-6-4-2-1-3-5-6/h1-3H,4H2;1-5H,7H2. The molecule has 3 nitrogen and oxygen atoms in total. The molecule has 1 heterocycles. The summed E-state index contributed by atoms with van der Waals surface area (Å²) < 4.78 is 10.1. The van der Waals surface area contributed by atoms with Crippen LogP contribution in [0.25, 0.3) is 0 Å². The molecule has 0 saturated carbocycles. The average Bonchev–Trinajstić information content (AvgIpc) is 2.78. The van der Waals surface area contributed by atoms with Gasteiger partial charge in [0.15, 0.2) is 11.5 Å². The minimum atomic E-state index is 0.301. The number of nitrogens with two attached hydrogens (primary N) is 1. The number of rotatable bonds is 0. The minimum Gasteiger partial charge on any atom is -0.454 e. The zero-order chi connectivity index (χ0) is 12.1. The predicted octanol–water partition coefficient (Wildman–Crippen LogP) is 3.34. The molecule has 0 saturated heterocycles. The number of fused-ring (bicyclic) bond motifs is 1. The molecule has 1 aliphatic heterocycles. The van der Waals surface area contributed by atoms with Crippen molar-refractivity contribution >= 4 is 17.3 Å². The fourth-order valence-corrected chi connectivity index (χ4v) is 1.49.